The molecule has 0 atom stereocenters. The zero-order valence-corrected chi connectivity index (χ0v) is 11.7. The van der Waals surface area contributed by atoms with Gasteiger partial charge in [-0.15, -0.1) is 0 Å². The Morgan fingerprint density at radius 2 is 2.14 bits per heavy atom. The highest BCUT2D eigenvalue weighted by Crippen LogP contribution is 2.32. The van der Waals surface area contributed by atoms with Gasteiger partial charge in [0.2, 0.25) is 6.79 Å². The second kappa shape index (κ2) is 5.76. The molecule has 0 radical (unpaired) electrons. The second-order valence-corrected chi connectivity index (χ2v) is 4.63. The number of aromatic amines is 1. The van der Waals surface area contributed by atoms with Crippen LogP contribution in [0.1, 0.15) is 16.1 Å². The van der Waals surface area contributed by atoms with Crippen molar-refractivity contribution >= 4 is 17.7 Å². The number of aromatic nitrogens is 2. The van der Waals surface area contributed by atoms with Gasteiger partial charge in [0.15, 0.2) is 23.9 Å². The van der Waals surface area contributed by atoms with Crippen LogP contribution >= 0.6 is 0 Å². The topological polar surface area (TPSA) is 103 Å². The lowest BCUT2D eigenvalue weighted by Crippen LogP contribution is -2.21. The molecule has 0 spiro atoms. The van der Waals surface area contributed by atoms with Gasteiger partial charge in [0.25, 0.3) is 5.91 Å². The van der Waals surface area contributed by atoms with Crippen molar-refractivity contribution in [3.05, 3.63) is 35.5 Å². The number of hydrogen-bond donors (Lipinski definition) is 2. The van der Waals surface area contributed by atoms with E-state index in [1.807, 2.05) is 6.92 Å². The smallest absolute Gasteiger partial charge is 0.338 e. The van der Waals surface area contributed by atoms with E-state index >= 15 is 0 Å². The molecule has 3 rings (SSSR count). The van der Waals surface area contributed by atoms with Gasteiger partial charge in [0.1, 0.15) is 0 Å². The van der Waals surface area contributed by atoms with Crippen LogP contribution in [0.4, 0.5) is 5.82 Å². The SMILES string of the molecule is Cc1cc(NC(=O)COC(=O)c2ccc3c(c2)OCO3)n[nH]1. The average molecular weight is 303 g/mol. The van der Waals surface area contributed by atoms with Crippen LogP contribution in [0, 0.1) is 6.92 Å². The number of fused-ring (bicyclic) bond motifs is 1. The van der Waals surface area contributed by atoms with Gasteiger partial charge >= 0.3 is 5.97 Å². The Morgan fingerprint density at radius 3 is 2.91 bits per heavy atom. The molecule has 1 amide bonds. The molecule has 2 heterocycles. The molecule has 1 aliphatic rings. The van der Waals surface area contributed by atoms with Crippen LogP contribution < -0.4 is 14.8 Å². The van der Waals surface area contributed by atoms with Crippen molar-refractivity contribution in [1.82, 2.24) is 10.2 Å². The minimum Gasteiger partial charge on any atom is -0.454 e. The first-order valence-electron chi connectivity index (χ1n) is 6.50. The summed E-state index contributed by atoms with van der Waals surface area (Å²) < 4.78 is 15.3. The number of nitrogens with zero attached hydrogens (tertiary/aromatic N) is 1. The monoisotopic (exact) mass is 303 g/mol. The molecule has 2 aromatic rings. The Hall–Kier alpha value is -3.03. The van der Waals surface area contributed by atoms with Crippen LogP contribution in [0.25, 0.3) is 0 Å². The van der Waals surface area contributed by atoms with Crippen molar-refractivity contribution in [3.8, 4) is 11.5 Å². The van der Waals surface area contributed by atoms with Crippen molar-refractivity contribution in [3.63, 3.8) is 0 Å². The van der Waals surface area contributed by atoms with Crippen LogP contribution in [0.15, 0.2) is 24.3 Å². The Bertz CT molecular complexity index is 725. The standard InChI is InChI=1S/C14H13N3O5/c1-8-4-12(17-16-8)15-13(18)6-20-14(19)9-2-3-10-11(5-9)22-7-21-10/h2-5H,6-7H2,1H3,(H2,15,16,17,18). The van der Waals surface area contributed by atoms with Gasteiger partial charge in [0.05, 0.1) is 5.56 Å². The van der Waals surface area contributed by atoms with E-state index in [0.717, 1.165) is 5.69 Å². The molecule has 0 aliphatic carbocycles. The summed E-state index contributed by atoms with van der Waals surface area (Å²) in [7, 11) is 0. The summed E-state index contributed by atoms with van der Waals surface area (Å²) in [6.07, 6.45) is 0. The van der Waals surface area contributed by atoms with Crippen LogP contribution in [-0.4, -0.2) is 35.5 Å². The Labute approximate surface area is 125 Å². The highest BCUT2D eigenvalue weighted by molar-refractivity contribution is 5.95. The van der Waals surface area contributed by atoms with Crippen LogP contribution in [0.5, 0.6) is 11.5 Å². The molecule has 0 saturated heterocycles. The zero-order valence-electron chi connectivity index (χ0n) is 11.7. The lowest BCUT2D eigenvalue weighted by molar-refractivity contribution is -0.119. The van der Waals surface area contributed by atoms with Crippen LogP contribution in [-0.2, 0) is 9.53 Å². The average Bonchev–Trinajstić information content (AvgIpc) is 3.12. The summed E-state index contributed by atoms with van der Waals surface area (Å²) in [5, 5.41) is 9.05. The van der Waals surface area contributed by atoms with Gasteiger partial charge in [-0.25, -0.2) is 4.79 Å². The summed E-state index contributed by atoms with van der Waals surface area (Å²) >= 11 is 0. The number of esters is 1. The fourth-order valence-electron chi connectivity index (χ4n) is 1.90. The molecule has 22 heavy (non-hydrogen) atoms. The van der Waals surface area contributed by atoms with E-state index in [0.29, 0.717) is 17.3 Å². The molecule has 2 N–H and O–H groups in total. The first-order valence-corrected chi connectivity index (χ1v) is 6.50. The third-order valence-electron chi connectivity index (χ3n) is 2.92. The van der Waals surface area contributed by atoms with Gasteiger partial charge in [-0.2, -0.15) is 5.10 Å². The second-order valence-electron chi connectivity index (χ2n) is 4.63. The summed E-state index contributed by atoms with van der Waals surface area (Å²) in [6.45, 7) is 1.53. The lowest BCUT2D eigenvalue weighted by Gasteiger charge is -2.05. The highest BCUT2D eigenvalue weighted by atomic mass is 16.7. The van der Waals surface area contributed by atoms with E-state index in [4.69, 9.17) is 14.2 Å². The molecule has 0 unspecified atom stereocenters. The molecule has 1 aliphatic heterocycles. The number of benzene rings is 1. The molecular formula is C14H13N3O5. The van der Waals surface area contributed by atoms with E-state index in [1.54, 1.807) is 18.2 Å². The fourth-order valence-corrected chi connectivity index (χ4v) is 1.90. The summed E-state index contributed by atoms with van der Waals surface area (Å²) in [5.74, 6) is 0.336. The van der Waals surface area contributed by atoms with E-state index in [9.17, 15) is 9.59 Å². The van der Waals surface area contributed by atoms with Crippen molar-refractivity contribution in [1.29, 1.82) is 0 Å². The van der Waals surface area contributed by atoms with Crippen LogP contribution in [0.2, 0.25) is 0 Å². The van der Waals surface area contributed by atoms with E-state index in [2.05, 4.69) is 15.5 Å². The third-order valence-corrected chi connectivity index (χ3v) is 2.92. The number of hydrogen-bond acceptors (Lipinski definition) is 6. The summed E-state index contributed by atoms with van der Waals surface area (Å²) in [5.41, 5.74) is 1.10. The predicted octanol–water partition coefficient (Wildman–Crippen LogP) is 1.24. The van der Waals surface area contributed by atoms with Crippen LogP contribution in [0.3, 0.4) is 0 Å². The molecule has 8 nitrogen and oxygen atoms in total. The lowest BCUT2D eigenvalue weighted by atomic mass is 10.2. The molecule has 1 aromatic carbocycles. The van der Waals surface area contributed by atoms with Gasteiger partial charge in [-0.05, 0) is 25.1 Å². The molecule has 0 bridgehead atoms. The maximum absolute atomic E-state index is 11.9. The summed E-state index contributed by atoms with van der Waals surface area (Å²) in [6, 6.07) is 6.34. The number of carbonyl (C=O) groups is 2. The Balaban J connectivity index is 1.54. The maximum atomic E-state index is 11.9. The largest absolute Gasteiger partial charge is 0.454 e. The first kappa shape index (κ1) is 13.9. The number of ether oxygens (including phenoxy) is 3. The number of amides is 1. The zero-order chi connectivity index (χ0) is 15.5. The van der Waals surface area contributed by atoms with Crippen molar-refractivity contribution in [2.75, 3.05) is 18.7 Å². The molecule has 1 aromatic heterocycles. The quantitative estimate of drug-likeness (QED) is 0.824. The van der Waals surface area contributed by atoms with E-state index < -0.39 is 18.5 Å². The van der Waals surface area contributed by atoms with Crippen molar-refractivity contribution in [2.24, 2.45) is 0 Å². The molecule has 0 saturated carbocycles. The third kappa shape index (κ3) is 3.00. The number of anilines is 1. The Kier molecular flexibility index (Phi) is 3.65. The first-order chi connectivity index (χ1) is 10.6. The Morgan fingerprint density at radius 1 is 1.32 bits per heavy atom. The molecule has 0 fully saturated rings. The van der Waals surface area contributed by atoms with E-state index in [-0.39, 0.29) is 12.4 Å². The van der Waals surface area contributed by atoms with Gasteiger partial charge in [-0.1, -0.05) is 0 Å². The number of aryl methyl sites for hydroxylation is 1. The number of nitrogens with one attached hydrogen (secondary N) is 2. The maximum Gasteiger partial charge on any atom is 0.338 e. The molecule has 8 heteroatoms. The van der Waals surface area contributed by atoms with E-state index in [1.165, 1.54) is 6.07 Å². The number of carbonyl (C=O) groups excluding carboxylic acids is 2. The number of H-pyrrole nitrogens is 1. The van der Waals surface area contributed by atoms with Crippen molar-refractivity contribution in [2.45, 2.75) is 6.92 Å². The highest BCUT2D eigenvalue weighted by Gasteiger charge is 2.17. The normalized spacial score (nSPS) is 12.0. The number of rotatable bonds is 4. The fraction of sp³-hybridized carbons (Fsp3) is 0.214. The minimum atomic E-state index is -0.619. The van der Waals surface area contributed by atoms with Gasteiger partial charge in [-0.3, -0.25) is 9.89 Å². The predicted molar refractivity (Wildman–Crippen MR) is 74.8 cm³/mol. The van der Waals surface area contributed by atoms with Crippen molar-refractivity contribution < 1.29 is 23.8 Å². The van der Waals surface area contributed by atoms with Gasteiger partial charge < -0.3 is 19.5 Å². The summed E-state index contributed by atoms with van der Waals surface area (Å²) in [4.78, 5) is 23.5. The molecular weight excluding hydrogens is 290 g/mol. The molecule has 114 valence electrons. The van der Waals surface area contributed by atoms with Gasteiger partial charge in [0, 0.05) is 11.8 Å². The minimum absolute atomic E-state index is 0.124.